The summed E-state index contributed by atoms with van der Waals surface area (Å²) < 4.78 is 0. The minimum absolute atomic E-state index is 0.694. The van der Waals surface area contributed by atoms with E-state index in [4.69, 9.17) is 0 Å². The molecule has 4 heteroatoms. The Bertz CT molecular complexity index is 337. The van der Waals surface area contributed by atoms with Crippen LogP contribution in [-0.4, -0.2) is 36.1 Å². The number of nitrogens with zero attached hydrogens (tertiary/aromatic N) is 2. The van der Waals surface area contributed by atoms with E-state index in [1.165, 1.54) is 29.4 Å². The van der Waals surface area contributed by atoms with Crippen LogP contribution in [0.4, 0.5) is 0 Å². The fourth-order valence-corrected chi connectivity index (χ4v) is 3.34. The smallest absolute Gasteiger partial charge is 0.0897 e. The monoisotopic (exact) mass is 239 g/mol. The Morgan fingerprint density at radius 3 is 3.00 bits per heavy atom. The Labute approximate surface area is 102 Å². The van der Waals surface area contributed by atoms with Crippen LogP contribution in [0.5, 0.6) is 0 Å². The van der Waals surface area contributed by atoms with E-state index in [0.717, 1.165) is 12.5 Å². The highest BCUT2D eigenvalue weighted by Crippen LogP contribution is 2.20. The molecule has 1 aliphatic rings. The average molecular weight is 239 g/mol. The van der Waals surface area contributed by atoms with Gasteiger partial charge in [0.15, 0.2) is 0 Å². The van der Waals surface area contributed by atoms with Crippen molar-refractivity contribution in [2.45, 2.75) is 32.9 Å². The zero-order valence-corrected chi connectivity index (χ0v) is 11.2. The van der Waals surface area contributed by atoms with E-state index in [2.05, 4.69) is 36.1 Å². The highest BCUT2D eigenvalue weighted by molar-refractivity contribution is 7.11. The number of likely N-dealkylation sites (tertiary alicyclic amines) is 1. The SMILES string of the molecule is CNC1CCN(Cc2cnc(C)s2)CC1C. The Morgan fingerprint density at radius 2 is 2.44 bits per heavy atom. The molecule has 2 unspecified atom stereocenters. The van der Waals surface area contributed by atoms with Gasteiger partial charge in [-0.15, -0.1) is 11.3 Å². The molecule has 0 amide bonds. The van der Waals surface area contributed by atoms with Crippen LogP contribution < -0.4 is 5.32 Å². The van der Waals surface area contributed by atoms with Crippen LogP contribution in [0, 0.1) is 12.8 Å². The van der Waals surface area contributed by atoms with Crippen molar-refractivity contribution in [3.8, 4) is 0 Å². The van der Waals surface area contributed by atoms with E-state index in [1.807, 2.05) is 17.5 Å². The number of thiazole rings is 1. The standard InChI is InChI=1S/C12H21N3S/c1-9-7-15(5-4-12(9)13-3)8-11-6-14-10(2)16-11/h6,9,12-13H,4-5,7-8H2,1-3H3. The number of piperidine rings is 1. The van der Waals surface area contributed by atoms with Gasteiger partial charge in [-0.05, 0) is 26.3 Å². The minimum atomic E-state index is 0.694. The van der Waals surface area contributed by atoms with Gasteiger partial charge < -0.3 is 5.32 Å². The maximum atomic E-state index is 4.31. The largest absolute Gasteiger partial charge is 0.317 e. The van der Waals surface area contributed by atoms with Crippen molar-refractivity contribution in [2.24, 2.45) is 5.92 Å². The Balaban J connectivity index is 1.88. The van der Waals surface area contributed by atoms with Crippen LogP contribution in [0.3, 0.4) is 0 Å². The van der Waals surface area contributed by atoms with Crippen LogP contribution in [0.25, 0.3) is 0 Å². The van der Waals surface area contributed by atoms with Crippen molar-refractivity contribution in [1.82, 2.24) is 15.2 Å². The molecule has 3 nitrogen and oxygen atoms in total. The summed E-state index contributed by atoms with van der Waals surface area (Å²) in [5.74, 6) is 0.743. The molecule has 1 aromatic heterocycles. The maximum absolute atomic E-state index is 4.31. The molecule has 0 aromatic carbocycles. The van der Waals surface area contributed by atoms with Crippen molar-refractivity contribution >= 4 is 11.3 Å². The molecule has 0 bridgehead atoms. The van der Waals surface area contributed by atoms with E-state index < -0.39 is 0 Å². The normalized spacial score (nSPS) is 27.2. The van der Waals surface area contributed by atoms with Gasteiger partial charge in [-0.2, -0.15) is 0 Å². The molecular formula is C12H21N3S. The summed E-state index contributed by atoms with van der Waals surface area (Å²) in [5, 5.41) is 4.58. The van der Waals surface area contributed by atoms with Crippen molar-refractivity contribution < 1.29 is 0 Å². The lowest BCUT2D eigenvalue weighted by atomic mass is 9.94. The summed E-state index contributed by atoms with van der Waals surface area (Å²) in [6.07, 6.45) is 3.28. The van der Waals surface area contributed by atoms with Gasteiger partial charge in [0.2, 0.25) is 0 Å². The second-order valence-electron chi connectivity index (χ2n) is 4.74. The summed E-state index contributed by atoms with van der Waals surface area (Å²) in [6, 6.07) is 0.694. The van der Waals surface area contributed by atoms with Crippen molar-refractivity contribution in [1.29, 1.82) is 0 Å². The number of nitrogens with one attached hydrogen (secondary N) is 1. The lowest BCUT2D eigenvalue weighted by Gasteiger charge is -2.36. The number of rotatable bonds is 3. The Hall–Kier alpha value is -0.450. The van der Waals surface area contributed by atoms with Crippen LogP contribution >= 0.6 is 11.3 Å². The molecule has 1 fully saturated rings. The summed E-state index contributed by atoms with van der Waals surface area (Å²) in [7, 11) is 2.07. The van der Waals surface area contributed by atoms with Gasteiger partial charge in [0.25, 0.3) is 0 Å². The number of aromatic nitrogens is 1. The molecule has 1 N–H and O–H groups in total. The van der Waals surface area contributed by atoms with E-state index >= 15 is 0 Å². The molecule has 1 aromatic rings. The van der Waals surface area contributed by atoms with Crippen LogP contribution in [0.1, 0.15) is 23.2 Å². The van der Waals surface area contributed by atoms with Gasteiger partial charge in [-0.25, -0.2) is 4.98 Å². The predicted molar refractivity (Wildman–Crippen MR) is 68.8 cm³/mol. The third-order valence-corrected chi connectivity index (χ3v) is 4.31. The van der Waals surface area contributed by atoms with Crippen LogP contribution in [0.15, 0.2) is 6.20 Å². The second-order valence-corrected chi connectivity index (χ2v) is 6.06. The lowest BCUT2D eigenvalue weighted by molar-refractivity contribution is 0.146. The lowest BCUT2D eigenvalue weighted by Crippen LogP contribution is -2.46. The first kappa shape index (κ1) is 12.0. The minimum Gasteiger partial charge on any atom is -0.317 e. The average Bonchev–Trinajstić information content (AvgIpc) is 2.64. The predicted octanol–water partition coefficient (Wildman–Crippen LogP) is 1.88. The molecule has 2 atom stereocenters. The zero-order chi connectivity index (χ0) is 11.5. The van der Waals surface area contributed by atoms with Gasteiger partial charge in [0, 0.05) is 36.8 Å². The summed E-state index contributed by atoms with van der Waals surface area (Å²) in [5.41, 5.74) is 0. The zero-order valence-electron chi connectivity index (χ0n) is 10.4. The highest BCUT2D eigenvalue weighted by atomic mass is 32.1. The highest BCUT2D eigenvalue weighted by Gasteiger charge is 2.24. The van der Waals surface area contributed by atoms with Crippen molar-refractivity contribution in [3.05, 3.63) is 16.1 Å². The van der Waals surface area contributed by atoms with Gasteiger partial charge in [-0.3, -0.25) is 4.90 Å². The quantitative estimate of drug-likeness (QED) is 0.873. The molecular weight excluding hydrogens is 218 g/mol. The molecule has 0 aliphatic carbocycles. The Morgan fingerprint density at radius 1 is 1.62 bits per heavy atom. The summed E-state index contributed by atoms with van der Waals surface area (Å²) in [4.78, 5) is 8.25. The first-order valence-corrected chi connectivity index (χ1v) is 6.81. The van der Waals surface area contributed by atoms with E-state index in [-0.39, 0.29) is 0 Å². The molecule has 90 valence electrons. The van der Waals surface area contributed by atoms with Crippen molar-refractivity contribution in [3.63, 3.8) is 0 Å². The fraction of sp³-hybridized carbons (Fsp3) is 0.750. The van der Waals surface area contributed by atoms with Gasteiger partial charge in [0.05, 0.1) is 5.01 Å². The van der Waals surface area contributed by atoms with E-state index in [1.54, 1.807) is 0 Å². The topological polar surface area (TPSA) is 28.2 Å². The van der Waals surface area contributed by atoms with Crippen LogP contribution in [0.2, 0.25) is 0 Å². The molecule has 0 radical (unpaired) electrons. The second kappa shape index (κ2) is 5.25. The number of aryl methyl sites for hydroxylation is 1. The van der Waals surface area contributed by atoms with Gasteiger partial charge in [0.1, 0.15) is 0 Å². The molecule has 16 heavy (non-hydrogen) atoms. The molecule has 2 rings (SSSR count). The number of hydrogen-bond acceptors (Lipinski definition) is 4. The first-order valence-electron chi connectivity index (χ1n) is 6.00. The third kappa shape index (κ3) is 2.81. The summed E-state index contributed by atoms with van der Waals surface area (Å²) >= 11 is 1.82. The van der Waals surface area contributed by atoms with Gasteiger partial charge >= 0.3 is 0 Å². The maximum Gasteiger partial charge on any atom is 0.0897 e. The fourth-order valence-electron chi connectivity index (χ4n) is 2.50. The first-order chi connectivity index (χ1) is 7.69. The molecule has 2 heterocycles. The van der Waals surface area contributed by atoms with E-state index in [9.17, 15) is 0 Å². The molecule has 0 saturated carbocycles. The van der Waals surface area contributed by atoms with E-state index in [0.29, 0.717) is 6.04 Å². The van der Waals surface area contributed by atoms with Crippen LogP contribution in [-0.2, 0) is 6.54 Å². The van der Waals surface area contributed by atoms with Gasteiger partial charge in [-0.1, -0.05) is 6.92 Å². The van der Waals surface area contributed by atoms with Crippen molar-refractivity contribution in [2.75, 3.05) is 20.1 Å². The molecule has 0 spiro atoms. The molecule has 1 aliphatic heterocycles. The number of hydrogen-bond donors (Lipinski definition) is 1. The Kier molecular flexibility index (Phi) is 3.95. The molecule has 1 saturated heterocycles. The summed E-state index contributed by atoms with van der Waals surface area (Å²) in [6.45, 7) is 7.89. The third-order valence-electron chi connectivity index (χ3n) is 3.41.